The molecule has 0 aliphatic rings. The summed E-state index contributed by atoms with van der Waals surface area (Å²) >= 11 is 0. The first-order chi connectivity index (χ1) is 11.6. The fourth-order valence-corrected chi connectivity index (χ4v) is 3.70. The summed E-state index contributed by atoms with van der Waals surface area (Å²) in [5.74, 6) is -0.530. The molecule has 1 N–H and O–H groups in total. The highest BCUT2D eigenvalue weighted by Gasteiger charge is 2.36. The molecule has 2 nitrogen and oxygen atoms in total. The average molecular weight is 341 g/mol. The molecule has 0 unspecified atom stereocenters. The number of hydrogen-bond donors (Lipinski definition) is 1. The zero-order valence-electron chi connectivity index (χ0n) is 16.9. The summed E-state index contributed by atoms with van der Waals surface area (Å²) in [6.45, 7) is 6.64. The number of carbonyl (C=O) groups is 1. The van der Waals surface area contributed by atoms with Crippen LogP contribution in [0.5, 0.6) is 0 Å². The van der Waals surface area contributed by atoms with Crippen LogP contribution in [0.4, 0.5) is 0 Å². The lowest BCUT2D eigenvalue weighted by Gasteiger charge is -2.30. The van der Waals surface area contributed by atoms with Gasteiger partial charge in [-0.2, -0.15) is 0 Å². The first-order valence-electron chi connectivity index (χ1n) is 10.9. The molecule has 0 amide bonds. The van der Waals surface area contributed by atoms with E-state index in [4.69, 9.17) is 0 Å². The van der Waals surface area contributed by atoms with Crippen molar-refractivity contribution < 1.29 is 9.90 Å². The van der Waals surface area contributed by atoms with Crippen LogP contribution < -0.4 is 0 Å². The Balaban J connectivity index is 4.32. The lowest BCUT2D eigenvalue weighted by atomic mass is 9.74. The lowest BCUT2D eigenvalue weighted by molar-refractivity contribution is -0.150. The molecule has 2 heteroatoms. The molecule has 0 bridgehead atoms. The van der Waals surface area contributed by atoms with E-state index in [0.717, 1.165) is 44.9 Å². The Morgan fingerprint density at radius 1 is 0.583 bits per heavy atom. The SMILES string of the molecule is CCCCCCCCC(CCCC)(CCCCCCCC)C(=O)O. The molecule has 0 radical (unpaired) electrons. The summed E-state index contributed by atoms with van der Waals surface area (Å²) in [7, 11) is 0. The van der Waals surface area contributed by atoms with E-state index in [2.05, 4.69) is 20.8 Å². The molecule has 0 aromatic rings. The van der Waals surface area contributed by atoms with Gasteiger partial charge in [-0.25, -0.2) is 0 Å². The van der Waals surface area contributed by atoms with E-state index in [-0.39, 0.29) is 0 Å². The third-order valence-corrected chi connectivity index (χ3v) is 5.48. The van der Waals surface area contributed by atoms with Gasteiger partial charge in [0.25, 0.3) is 0 Å². The van der Waals surface area contributed by atoms with Gasteiger partial charge in [-0.15, -0.1) is 0 Å². The smallest absolute Gasteiger partial charge is 0.309 e. The monoisotopic (exact) mass is 340 g/mol. The van der Waals surface area contributed by atoms with Gasteiger partial charge < -0.3 is 5.11 Å². The van der Waals surface area contributed by atoms with Gasteiger partial charge in [0.1, 0.15) is 0 Å². The maximum atomic E-state index is 12.1. The van der Waals surface area contributed by atoms with Crippen LogP contribution in [0.2, 0.25) is 0 Å². The molecule has 0 aliphatic heterocycles. The van der Waals surface area contributed by atoms with E-state index in [0.29, 0.717) is 0 Å². The van der Waals surface area contributed by atoms with E-state index in [1.807, 2.05) is 0 Å². The molecule has 144 valence electrons. The predicted octanol–water partition coefficient (Wildman–Crippen LogP) is 7.75. The third-order valence-electron chi connectivity index (χ3n) is 5.48. The normalized spacial score (nSPS) is 11.8. The van der Waals surface area contributed by atoms with Crippen LogP contribution in [-0.2, 0) is 4.79 Å². The number of rotatable bonds is 18. The quantitative estimate of drug-likeness (QED) is 0.259. The summed E-state index contributed by atoms with van der Waals surface area (Å²) in [4.78, 5) is 12.1. The van der Waals surface area contributed by atoms with Crippen molar-refractivity contribution in [2.45, 2.75) is 130 Å². The molecule has 0 fully saturated rings. The van der Waals surface area contributed by atoms with Gasteiger partial charge in [0.2, 0.25) is 0 Å². The maximum absolute atomic E-state index is 12.1. The van der Waals surface area contributed by atoms with Crippen LogP contribution in [0, 0.1) is 5.41 Å². The van der Waals surface area contributed by atoms with Gasteiger partial charge in [-0.3, -0.25) is 4.79 Å². The number of unbranched alkanes of at least 4 members (excludes halogenated alkanes) is 11. The van der Waals surface area contributed by atoms with Gasteiger partial charge in [0, 0.05) is 0 Å². The molecule has 0 saturated heterocycles. The summed E-state index contributed by atoms with van der Waals surface area (Å²) in [5, 5.41) is 9.93. The van der Waals surface area contributed by atoms with Crippen molar-refractivity contribution in [3.8, 4) is 0 Å². The second-order valence-electron chi connectivity index (χ2n) is 7.72. The van der Waals surface area contributed by atoms with Gasteiger partial charge in [0.05, 0.1) is 5.41 Å². The summed E-state index contributed by atoms with van der Waals surface area (Å²) in [6, 6.07) is 0. The number of hydrogen-bond acceptors (Lipinski definition) is 1. The van der Waals surface area contributed by atoms with Crippen molar-refractivity contribution in [1.82, 2.24) is 0 Å². The first kappa shape index (κ1) is 23.5. The van der Waals surface area contributed by atoms with Crippen LogP contribution >= 0.6 is 0 Å². The Labute approximate surface area is 151 Å². The molecule has 0 aromatic heterocycles. The number of carboxylic acid groups (broad SMARTS) is 1. The van der Waals surface area contributed by atoms with Crippen LogP contribution in [-0.4, -0.2) is 11.1 Å². The van der Waals surface area contributed by atoms with Gasteiger partial charge in [-0.1, -0.05) is 111 Å². The second kappa shape index (κ2) is 16.0. The Morgan fingerprint density at radius 2 is 0.917 bits per heavy atom. The predicted molar refractivity (Wildman–Crippen MR) is 106 cm³/mol. The lowest BCUT2D eigenvalue weighted by Crippen LogP contribution is -2.31. The van der Waals surface area contributed by atoms with E-state index in [1.54, 1.807) is 0 Å². The highest BCUT2D eigenvalue weighted by molar-refractivity contribution is 5.74. The minimum absolute atomic E-state index is 0.439. The average Bonchev–Trinajstić information content (AvgIpc) is 2.57. The number of aliphatic carboxylic acids is 1. The standard InChI is InChI=1S/C22H44O2/c1-4-7-10-12-14-16-19-22(21(23)24,18-9-6-3)20-17-15-13-11-8-5-2/h4-20H2,1-3H3,(H,23,24). The van der Waals surface area contributed by atoms with Crippen LogP contribution in [0.1, 0.15) is 130 Å². The van der Waals surface area contributed by atoms with Gasteiger partial charge in [0.15, 0.2) is 0 Å². The molecular weight excluding hydrogens is 296 g/mol. The Kier molecular flexibility index (Phi) is 15.6. The van der Waals surface area contributed by atoms with Crippen molar-refractivity contribution in [3.05, 3.63) is 0 Å². The number of carboxylic acids is 1. The Morgan fingerprint density at radius 3 is 1.29 bits per heavy atom. The van der Waals surface area contributed by atoms with Crippen LogP contribution in [0.15, 0.2) is 0 Å². The topological polar surface area (TPSA) is 37.3 Å². The minimum atomic E-state index is -0.530. The second-order valence-corrected chi connectivity index (χ2v) is 7.72. The molecule has 0 saturated carbocycles. The van der Waals surface area contributed by atoms with Gasteiger partial charge in [-0.05, 0) is 19.3 Å². The first-order valence-corrected chi connectivity index (χ1v) is 10.9. The van der Waals surface area contributed by atoms with Crippen molar-refractivity contribution in [2.75, 3.05) is 0 Å². The minimum Gasteiger partial charge on any atom is -0.481 e. The van der Waals surface area contributed by atoms with E-state index >= 15 is 0 Å². The molecular formula is C22H44O2. The Hall–Kier alpha value is -0.530. The summed E-state index contributed by atoms with van der Waals surface area (Å²) < 4.78 is 0. The van der Waals surface area contributed by atoms with Crippen molar-refractivity contribution >= 4 is 5.97 Å². The van der Waals surface area contributed by atoms with Crippen LogP contribution in [0.25, 0.3) is 0 Å². The fraction of sp³-hybridized carbons (Fsp3) is 0.955. The van der Waals surface area contributed by atoms with E-state index < -0.39 is 11.4 Å². The molecule has 0 spiro atoms. The van der Waals surface area contributed by atoms with Crippen molar-refractivity contribution in [1.29, 1.82) is 0 Å². The maximum Gasteiger partial charge on any atom is 0.309 e. The zero-order valence-corrected chi connectivity index (χ0v) is 16.9. The van der Waals surface area contributed by atoms with Crippen molar-refractivity contribution in [2.24, 2.45) is 5.41 Å². The third kappa shape index (κ3) is 11.1. The molecule has 0 aliphatic carbocycles. The zero-order chi connectivity index (χ0) is 18.1. The Bertz CT molecular complexity index is 270. The highest BCUT2D eigenvalue weighted by atomic mass is 16.4. The molecule has 0 rings (SSSR count). The highest BCUT2D eigenvalue weighted by Crippen LogP contribution is 2.37. The molecule has 0 atom stereocenters. The fourth-order valence-electron chi connectivity index (χ4n) is 3.70. The molecule has 24 heavy (non-hydrogen) atoms. The van der Waals surface area contributed by atoms with Crippen LogP contribution in [0.3, 0.4) is 0 Å². The van der Waals surface area contributed by atoms with E-state index in [9.17, 15) is 9.90 Å². The summed E-state index contributed by atoms with van der Waals surface area (Å²) in [5.41, 5.74) is -0.439. The van der Waals surface area contributed by atoms with Gasteiger partial charge >= 0.3 is 5.97 Å². The molecule has 0 aromatic carbocycles. The largest absolute Gasteiger partial charge is 0.481 e. The van der Waals surface area contributed by atoms with E-state index in [1.165, 1.54) is 64.2 Å². The molecule has 0 heterocycles. The summed E-state index contributed by atoms with van der Waals surface area (Å²) in [6.07, 6.45) is 19.8. The van der Waals surface area contributed by atoms with Crippen molar-refractivity contribution in [3.63, 3.8) is 0 Å².